The van der Waals surface area contributed by atoms with Crippen LogP contribution in [0.5, 0.6) is 0 Å². The summed E-state index contributed by atoms with van der Waals surface area (Å²) in [5.41, 5.74) is 9.49. The molecule has 1 atom stereocenters. The number of piperidine rings is 1. The number of amides is 4. The number of aliphatic hydroxyl groups excluding tert-OH is 1. The van der Waals surface area contributed by atoms with Crippen LogP contribution in [0.3, 0.4) is 0 Å². The van der Waals surface area contributed by atoms with E-state index < -0.39 is 6.61 Å². The van der Waals surface area contributed by atoms with Crippen molar-refractivity contribution in [2.45, 2.75) is 124 Å². The number of nitrogens with zero attached hydrogens (tertiary/aromatic N) is 9. The molecule has 2 saturated heterocycles. The third-order valence-electron chi connectivity index (χ3n) is 17.3. The number of nitrogens with one attached hydrogen (secondary N) is 2. The summed E-state index contributed by atoms with van der Waals surface area (Å²) in [6.07, 6.45) is 11.9. The molecule has 1 saturated carbocycles. The molecular formula is C59H71N11O6. The van der Waals surface area contributed by atoms with Crippen LogP contribution in [0.2, 0.25) is 0 Å². The van der Waals surface area contributed by atoms with E-state index >= 15 is 0 Å². The fourth-order valence-electron chi connectivity index (χ4n) is 13.2. The Kier molecular flexibility index (Phi) is 13.1. The van der Waals surface area contributed by atoms with E-state index in [1.807, 2.05) is 37.3 Å². The number of anilines is 6. The van der Waals surface area contributed by atoms with Gasteiger partial charge in [-0.3, -0.25) is 38.7 Å². The van der Waals surface area contributed by atoms with Crippen LogP contribution in [-0.2, 0) is 37.8 Å². The molecule has 5 aromatic rings. The Morgan fingerprint density at radius 1 is 0.829 bits per heavy atom. The topological polar surface area (TPSA) is 181 Å². The molecule has 0 radical (unpaired) electrons. The first kappa shape index (κ1) is 51.0. The molecule has 0 unspecified atom stereocenters. The zero-order chi connectivity index (χ0) is 53.5. The van der Waals surface area contributed by atoms with Gasteiger partial charge in [-0.15, -0.1) is 0 Å². The van der Waals surface area contributed by atoms with Crippen molar-refractivity contribution in [1.29, 1.82) is 0 Å². The second-order valence-electron chi connectivity index (χ2n) is 23.7. The van der Waals surface area contributed by atoms with Gasteiger partial charge < -0.3 is 34.7 Å². The Morgan fingerprint density at radius 2 is 1.57 bits per heavy atom. The van der Waals surface area contributed by atoms with Gasteiger partial charge in [0.15, 0.2) is 5.82 Å². The van der Waals surface area contributed by atoms with Crippen LogP contribution in [0, 0.1) is 17.8 Å². The first-order valence-corrected chi connectivity index (χ1v) is 27.1. The molecule has 4 aliphatic heterocycles. The van der Waals surface area contributed by atoms with Gasteiger partial charge in [0.25, 0.3) is 23.3 Å². The first-order valence-electron chi connectivity index (χ1n) is 27.1. The van der Waals surface area contributed by atoms with Gasteiger partial charge in [0.05, 0.1) is 34.8 Å². The molecule has 2 aromatic carbocycles. The minimum absolute atomic E-state index is 0.0360. The summed E-state index contributed by atoms with van der Waals surface area (Å²) >= 11 is 0. The predicted octanol–water partition coefficient (Wildman–Crippen LogP) is 7.84. The molecule has 7 heterocycles. The van der Waals surface area contributed by atoms with E-state index in [1.54, 1.807) is 41.4 Å². The van der Waals surface area contributed by atoms with Gasteiger partial charge in [0.2, 0.25) is 5.91 Å². The highest BCUT2D eigenvalue weighted by Gasteiger charge is 2.44. The second-order valence-corrected chi connectivity index (χ2v) is 23.7. The highest BCUT2D eigenvalue weighted by Crippen LogP contribution is 2.43. The Bertz CT molecular complexity index is 3260. The van der Waals surface area contributed by atoms with Crippen molar-refractivity contribution in [3.8, 4) is 11.3 Å². The summed E-state index contributed by atoms with van der Waals surface area (Å²) in [5, 5.41) is 17.1. The molecule has 3 N–H and O–H groups in total. The molecule has 6 aliphatic rings. The highest BCUT2D eigenvalue weighted by atomic mass is 16.3. The standard InChI is InChI=1S/C59H71N11O6/c1-9-51(72)62-45-28-38(61-52-57(76)64(8)33-46(63-52)41-14-19-60-53(44(41)34-71)69-25-24-68-49(56(69)75)27-37-30-59(6,7)31-50(37)68)10-11-47(45)67-23-22-66(32-36(67)3)39-15-20-65(21-16-39)48-29-43-42(26-35(48)2)54(73)70(55(43)74)40-12-17-58(4,5)18-13-40/h9-11,14,19,26-29,33,36,39-40,71H,1,12-13,15-18,20-25,30-32,34H2,2-8H3,(H,61,63)(H,62,72)/t36-/m0/s1. The lowest BCUT2D eigenvalue weighted by Crippen LogP contribution is -2.57. The van der Waals surface area contributed by atoms with Crippen molar-refractivity contribution in [3.05, 3.63) is 117 Å². The van der Waals surface area contributed by atoms with Crippen molar-refractivity contribution in [1.82, 2.24) is 28.9 Å². The molecule has 0 bridgehead atoms. The van der Waals surface area contributed by atoms with E-state index in [-0.39, 0.29) is 57.9 Å². The Morgan fingerprint density at radius 3 is 2.28 bits per heavy atom. The largest absolute Gasteiger partial charge is 0.392 e. The maximum Gasteiger partial charge on any atom is 0.293 e. The monoisotopic (exact) mass is 1030 g/mol. The molecule has 398 valence electrons. The molecule has 4 amide bonds. The lowest BCUT2D eigenvalue weighted by Gasteiger charge is -2.47. The SMILES string of the molecule is C=CC(=O)Nc1cc(Nc2nc(-c3ccnc(N4CCn5c(cc6c5CC(C)(C)C6)C4=O)c3CO)cn(C)c2=O)ccc1N1CCN(C2CCN(c3cc4c(cc3C)C(=O)N(C3CCC(C)(C)CC3)C4=O)CC2)C[C@@H]1C. The smallest absolute Gasteiger partial charge is 0.293 e. The number of benzene rings is 2. The number of hydrogen-bond acceptors (Lipinski definition) is 12. The molecule has 3 fully saturated rings. The highest BCUT2D eigenvalue weighted by molar-refractivity contribution is 6.22. The molecular weight excluding hydrogens is 959 g/mol. The van der Waals surface area contributed by atoms with Gasteiger partial charge in [0.1, 0.15) is 11.5 Å². The van der Waals surface area contributed by atoms with Gasteiger partial charge in [-0.1, -0.05) is 34.3 Å². The third-order valence-corrected chi connectivity index (χ3v) is 17.3. The van der Waals surface area contributed by atoms with Crippen LogP contribution in [0.4, 0.5) is 34.4 Å². The fraction of sp³-hybridized carbons (Fsp3) is 0.475. The number of aryl methyl sites for hydroxylation is 2. The van der Waals surface area contributed by atoms with Crippen LogP contribution in [0.15, 0.2) is 72.3 Å². The van der Waals surface area contributed by atoms with Gasteiger partial charge in [-0.25, -0.2) is 9.97 Å². The molecule has 2 aliphatic carbocycles. The van der Waals surface area contributed by atoms with Gasteiger partial charge in [-0.05, 0) is 136 Å². The van der Waals surface area contributed by atoms with E-state index in [4.69, 9.17) is 4.98 Å². The second kappa shape index (κ2) is 19.5. The summed E-state index contributed by atoms with van der Waals surface area (Å²) in [4.78, 5) is 88.2. The van der Waals surface area contributed by atoms with E-state index in [1.165, 1.54) is 21.9 Å². The zero-order valence-corrected chi connectivity index (χ0v) is 45.0. The number of carbonyl (C=O) groups is 4. The van der Waals surface area contributed by atoms with Crippen LogP contribution in [0.1, 0.15) is 127 Å². The minimum atomic E-state index is -0.413. The Balaban J connectivity index is 0.768. The number of piperazine rings is 1. The predicted molar refractivity (Wildman–Crippen MR) is 296 cm³/mol. The summed E-state index contributed by atoms with van der Waals surface area (Å²) in [6, 6.07) is 13.7. The minimum Gasteiger partial charge on any atom is -0.392 e. The van der Waals surface area contributed by atoms with Crippen LogP contribution >= 0.6 is 0 Å². The number of pyridine rings is 1. The Labute approximate surface area is 444 Å². The van der Waals surface area contributed by atoms with Gasteiger partial charge >= 0.3 is 0 Å². The van der Waals surface area contributed by atoms with E-state index in [9.17, 15) is 29.1 Å². The average Bonchev–Trinajstić information content (AvgIpc) is 4.04. The summed E-state index contributed by atoms with van der Waals surface area (Å²) < 4.78 is 3.57. The van der Waals surface area contributed by atoms with Crippen molar-refractivity contribution >= 4 is 58.0 Å². The normalized spacial score (nSPS) is 20.7. The zero-order valence-electron chi connectivity index (χ0n) is 45.0. The van der Waals surface area contributed by atoms with Gasteiger partial charge in [0, 0.05) is 112 Å². The molecule has 76 heavy (non-hydrogen) atoms. The molecule has 17 heteroatoms. The fourth-order valence-corrected chi connectivity index (χ4v) is 13.2. The maximum absolute atomic E-state index is 14.1. The lowest BCUT2D eigenvalue weighted by atomic mass is 9.75. The van der Waals surface area contributed by atoms with Crippen LogP contribution in [0.25, 0.3) is 11.3 Å². The molecule has 17 nitrogen and oxygen atoms in total. The summed E-state index contributed by atoms with van der Waals surface area (Å²) in [7, 11) is 1.64. The summed E-state index contributed by atoms with van der Waals surface area (Å²) in [5.74, 6) is -0.442. The van der Waals surface area contributed by atoms with Crippen LogP contribution < -0.4 is 30.9 Å². The molecule has 0 spiro atoms. The number of aliphatic hydroxyl groups is 1. The van der Waals surface area contributed by atoms with Crippen molar-refractivity contribution in [3.63, 3.8) is 0 Å². The molecule has 11 rings (SSSR count). The Hall–Kier alpha value is -7.11. The van der Waals surface area contributed by atoms with Gasteiger partial charge in [-0.2, -0.15) is 0 Å². The lowest BCUT2D eigenvalue weighted by molar-refractivity contribution is -0.111. The van der Waals surface area contributed by atoms with E-state index in [0.717, 1.165) is 101 Å². The average molecular weight is 1030 g/mol. The van der Waals surface area contributed by atoms with E-state index in [2.05, 4.69) is 76.1 Å². The number of carbonyl (C=O) groups excluding carboxylic acids is 4. The van der Waals surface area contributed by atoms with Crippen molar-refractivity contribution in [2.24, 2.45) is 17.9 Å². The number of rotatable bonds is 11. The van der Waals surface area contributed by atoms with Crippen molar-refractivity contribution in [2.75, 3.05) is 64.6 Å². The molecule has 3 aromatic heterocycles. The number of aromatic nitrogens is 4. The number of imide groups is 1. The van der Waals surface area contributed by atoms with E-state index in [0.29, 0.717) is 70.0 Å². The quantitative estimate of drug-likeness (QED) is 0.0863. The number of fused-ring (bicyclic) bond motifs is 4. The number of hydrogen-bond donors (Lipinski definition) is 3. The maximum atomic E-state index is 14.1. The third kappa shape index (κ3) is 9.18. The summed E-state index contributed by atoms with van der Waals surface area (Å²) in [6.45, 7) is 21.6. The van der Waals surface area contributed by atoms with Crippen LogP contribution in [-0.4, -0.2) is 115 Å². The first-order chi connectivity index (χ1) is 36.3. The van der Waals surface area contributed by atoms with Crippen molar-refractivity contribution < 1.29 is 24.3 Å².